The Balaban J connectivity index is 0.000000720. The normalized spacial score (nSPS) is 11.3. The number of para-hydroxylation sites is 1. The summed E-state index contributed by atoms with van der Waals surface area (Å²) in [7, 11) is 2.43. The Hall–Kier alpha value is -0.160. The fourth-order valence-electron chi connectivity index (χ4n) is 1.37. The molecule has 12 heavy (non-hydrogen) atoms. The monoisotopic (exact) mass is 292 g/mol. The topological polar surface area (TPSA) is 3.88 Å². The van der Waals surface area contributed by atoms with Gasteiger partial charge in [-0.1, -0.05) is 12.1 Å². The van der Waals surface area contributed by atoms with Crippen LogP contribution in [0.4, 0.5) is 0 Å². The minimum atomic E-state index is 0. The zero-order valence-electron chi connectivity index (χ0n) is 7.12. The molecule has 0 aliphatic heterocycles. The predicted octanol–water partition coefficient (Wildman–Crippen LogP) is -1.05. The van der Waals surface area contributed by atoms with E-state index in [2.05, 4.69) is 47.6 Å². The molecule has 0 saturated heterocycles. The van der Waals surface area contributed by atoms with Gasteiger partial charge in [-0.25, -0.2) is 0 Å². The molecule has 0 N–H and O–H groups in total. The van der Waals surface area contributed by atoms with E-state index in [1.807, 2.05) is 0 Å². The minimum Gasteiger partial charge on any atom is -1.00 e. The molecule has 0 aliphatic carbocycles. The SMILES string of the molecule is C[n+]1c[s+](C)c2ccccc21.[I-]. The molecule has 1 unspecified atom stereocenters. The fourth-order valence-corrected chi connectivity index (χ4v) is 2.91. The van der Waals surface area contributed by atoms with Gasteiger partial charge in [-0.15, -0.1) is 0 Å². The molecule has 0 fully saturated rings. The Morgan fingerprint density at radius 3 is 2.58 bits per heavy atom. The molecule has 64 valence electrons. The van der Waals surface area contributed by atoms with Gasteiger partial charge in [0.1, 0.15) is 13.3 Å². The van der Waals surface area contributed by atoms with Gasteiger partial charge in [0, 0.05) is 12.1 Å². The molecule has 2 aromatic rings. The van der Waals surface area contributed by atoms with Crippen LogP contribution in [0.5, 0.6) is 0 Å². The summed E-state index contributed by atoms with van der Waals surface area (Å²) in [5.41, 5.74) is 3.63. The molecular weight excluding hydrogens is 281 g/mol. The summed E-state index contributed by atoms with van der Waals surface area (Å²) in [4.78, 5) is 0. The van der Waals surface area contributed by atoms with E-state index in [0.29, 0.717) is 10.5 Å². The van der Waals surface area contributed by atoms with Crippen molar-refractivity contribution in [1.82, 2.24) is 0 Å². The van der Waals surface area contributed by atoms with Crippen molar-refractivity contribution in [2.75, 3.05) is 0 Å². The number of fused-ring (bicyclic) bond motifs is 1. The largest absolute Gasteiger partial charge is 1.00 e. The number of hydrogen-bond acceptors (Lipinski definition) is 0. The zero-order valence-corrected chi connectivity index (χ0v) is 10.1. The molecule has 1 nitrogen and oxygen atoms in total. The van der Waals surface area contributed by atoms with Crippen LogP contribution in [0.1, 0.15) is 0 Å². The smallest absolute Gasteiger partial charge is 0.369 e. The van der Waals surface area contributed by atoms with Crippen LogP contribution in [0, 0.1) is 0 Å². The van der Waals surface area contributed by atoms with Crippen LogP contribution < -0.4 is 28.5 Å². The molecule has 0 radical (unpaired) electrons. The summed E-state index contributed by atoms with van der Waals surface area (Å²) in [5.74, 6) is 0. The number of halogens is 1. The highest BCUT2D eigenvalue weighted by atomic mass is 127. The van der Waals surface area contributed by atoms with Crippen LogP contribution in [0.3, 0.4) is 0 Å². The Kier molecular flexibility index (Phi) is 3.06. The first kappa shape index (κ1) is 9.92. The number of benzene rings is 1. The third kappa shape index (κ3) is 1.47. The van der Waals surface area contributed by atoms with Crippen molar-refractivity contribution in [2.24, 2.45) is 13.3 Å². The highest BCUT2D eigenvalue weighted by Gasteiger charge is 2.17. The highest BCUT2D eigenvalue weighted by Crippen LogP contribution is 2.23. The molecule has 1 aromatic carbocycles. The summed E-state index contributed by atoms with van der Waals surface area (Å²) >= 11 is 0. The van der Waals surface area contributed by atoms with E-state index in [1.54, 1.807) is 0 Å². The maximum Gasteiger partial charge on any atom is 0.369 e. The van der Waals surface area contributed by atoms with Crippen molar-refractivity contribution >= 4 is 20.7 Å². The molecule has 3 heteroatoms. The van der Waals surface area contributed by atoms with Crippen LogP contribution in [0.2, 0.25) is 0 Å². The first-order valence-corrected chi connectivity index (χ1v) is 5.30. The van der Waals surface area contributed by atoms with Crippen LogP contribution in [-0.2, 0) is 13.3 Å². The number of aryl methyl sites for hydroxylation is 2. The van der Waals surface area contributed by atoms with Crippen LogP contribution in [0.25, 0.3) is 10.2 Å². The third-order valence-electron chi connectivity index (χ3n) is 1.91. The lowest BCUT2D eigenvalue weighted by molar-refractivity contribution is -0.640. The lowest BCUT2D eigenvalue weighted by Crippen LogP contribution is -3.00. The van der Waals surface area contributed by atoms with Gasteiger partial charge in [0.15, 0.2) is 0 Å². The number of nitrogens with zero attached hydrogens (tertiary/aromatic N) is 1. The average Bonchev–Trinajstić information content (AvgIpc) is 2.30. The maximum atomic E-state index is 2.27. The van der Waals surface area contributed by atoms with E-state index in [-0.39, 0.29) is 24.0 Å². The molecule has 0 saturated carbocycles. The van der Waals surface area contributed by atoms with Crippen molar-refractivity contribution in [3.05, 3.63) is 29.8 Å². The average molecular weight is 292 g/mol. The first-order valence-electron chi connectivity index (χ1n) is 3.60. The Labute approximate surface area is 92.0 Å². The Bertz CT molecular complexity index is 358. The zero-order chi connectivity index (χ0) is 7.84. The quantitative estimate of drug-likeness (QED) is 0.332. The number of hydrogen-bond donors (Lipinski definition) is 0. The second kappa shape index (κ2) is 3.70. The van der Waals surface area contributed by atoms with E-state index in [4.69, 9.17) is 0 Å². The van der Waals surface area contributed by atoms with Gasteiger partial charge in [-0.2, -0.15) is 4.57 Å². The molecule has 1 atom stereocenters. The molecule has 1 aromatic heterocycles. The van der Waals surface area contributed by atoms with E-state index in [1.165, 1.54) is 10.2 Å². The summed E-state index contributed by atoms with van der Waals surface area (Å²) in [6.07, 6.45) is 2.25. The van der Waals surface area contributed by atoms with Crippen LogP contribution in [-0.4, -0.2) is 0 Å². The van der Waals surface area contributed by atoms with Gasteiger partial charge in [-0.05, 0) is 0 Å². The number of thiazole rings is 1. The van der Waals surface area contributed by atoms with Crippen molar-refractivity contribution in [3.8, 4) is 0 Å². The molecule has 0 aliphatic rings. The molecule has 0 spiro atoms. The van der Waals surface area contributed by atoms with E-state index >= 15 is 0 Å². The summed E-state index contributed by atoms with van der Waals surface area (Å²) < 4.78 is 3.67. The Morgan fingerprint density at radius 1 is 1.25 bits per heavy atom. The second-order valence-electron chi connectivity index (χ2n) is 2.74. The summed E-state index contributed by atoms with van der Waals surface area (Å²) in [6, 6.07) is 8.57. The van der Waals surface area contributed by atoms with Gasteiger partial charge in [0.25, 0.3) is 5.52 Å². The second-order valence-corrected chi connectivity index (χ2v) is 4.51. The highest BCUT2D eigenvalue weighted by molar-refractivity contribution is 7.33. The van der Waals surface area contributed by atoms with Crippen LogP contribution >= 0.6 is 10.5 Å². The van der Waals surface area contributed by atoms with Gasteiger partial charge in [-0.3, -0.25) is 0 Å². The lowest BCUT2D eigenvalue weighted by Gasteiger charge is -1.77. The molecule has 0 amide bonds. The third-order valence-corrected chi connectivity index (χ3v) is 3.58. The van der Waals surface area contributed by atoms with Crippen LogP contribution in [0.15, 0.2) is 29.8 Å². The summed E-state index contributed by atoms with van der Waals surface area (Å²) in [6.45, 7) is 0. The molecular formula is C9H11INS+. The number of rotatable bonds is 0. The molecule has 0 bridgehead atoms. The molecule has 1 heterocycles. The van der Waals surface area contributed by atoms with Gasteiger partial charge in [0.05, 0.1) is 10.5 Å². The first-order chi connectivity index (χ1) is 5.29. The summed E-state index contributed by atoms with van der Waals surface area (Å²) in [5, 5.41) is 0. The molecule has 2 rings (SSSR count). The van der Waals surface area contributed by atoms with Gasteiger partial charge < -0.3 is 24.0 Å². The standard InChI is InChI=1S/C9H11NS.HI/c1-10-7-11(2)9-6-4-3-5-8(9)10;/h3-7H,1-2H3;1H/q+2;/p-1. The maximum absolute atomic E-state index is 2.27. The van der Waals surface area contributed by atoms with Crippen molar-refractivity contribution in [2.45, 2.75) is 0 Å². The van der Waals surface area contributed by atoms with E-state index in [0.717, 1.165) is 0 Å². The van der Waals surface area contributed by atoms with Gasteiger partial charge >= 0.3 is 5.51 Å². The van der Waals surface area contributed by atoms with Crippen molar-refractivity contribution < 1.29 is 28.5 Å². The number of aromatic nitrogens is 1. The Morgan fingerprint density at radius 2 is 1.92 bits per heavy atom. The van der Waals surface area contributed by atoms with Crippen molar-refractivity contribution in [3.63, 3.8) is 0 Å². The minimum absolute atomic E-state index is 0. The van der Waals surface area contributed by atoms with E-state index < -0.39 is 0 Å². The van der Waals surface area contributed by atoms with E-state index in [9.17, 15) is 0 Å². The van der Waals surface area contributed by atoms with Crippen molar-refractivity contribution in [1.29, 1.82) is 0 Å². The fraction of sp³-hybridized carbons (Fsp3) is 0.222. The lowest BCUT2D eigenvalue weighted by atomic mass is 10.3. The van der Waals surface area contributed by atoms with Gasteiger partial charge in [0.2, 0.25) is 4.70 Å². The predicted molar refractivity (Wildman–Crippen MR) is 48.6 cm³/mol.